The number of nitrogens with zero attached hydrogens (tertiary/aromatic N) is 4. The Morgan fingerprint density at radius 3 is 2.60 bits per heavy atom. The van der Waals surface area contributed by atoms with Gasteiger partial charge >= 0.3 is 6.18 Å². The quantitative estimate of drug-likeness (QED) is 0.482. The van der Waals surface area contributed by atoms with Crippen LogP contribution in [0.3, 0.4) is 0 Å². The molecule has 2 bridgehead atoms. The van der Waals surface area contributed by atoms with E-state index in [-0.39, 0.29) is 40.7 Å². The lowest BCUT2D eigenvalue weighted by Crippen LogP contribution is -2.59. The molecule has 0 aromatic carbocycles. The molecule has 35 heavy (non-hydrogen) atoms. The van der Waals surface area contributed by atoms with Gasteiger partial charge in [0.2, 0.25) is 5.88 Å². The number of rotatable bonds is 4. The minimum atomic E-state index is -4.48. The molecule has 5 heterocycles. The van der Waals surface area contributed by atoms with Gasteiger partial charge in [-0.2, -0.15) is 13.2 Å². The number of aryl methyl sites for hydroxylation is 1. The maximum atomic E-state index is 14.5. The maximum absolute atomic E-state index is 14.5. The minimum absolute atomic E-state index is 0.000210. The lowest BCUT2D eigenvalue weighted by atomic mass is 9.77. The Hall–Kier alpha value is -3.56. The van der Waals surface area contributed by atoms with Gasteiger partial charge in [0.05, 0.1) is 17.2 Å². The summed E-state index contributed by atoms with van der Waals surface area (Å²) in [5, 5.41) is 0. The van der Waals surface area contributed by atoms with E-state index in [0.29, 0.717) is 19.4 Å². The summed E-state index contributed by atoms with van der Waals surface area (Å²) in [6, 6.07) is 6.24. The molecule has 2 aliphatic heterocycles. The van der Waals surface area contributed by atoms with Crippen molar-refractivity contribution in [1.29, 1.82) is 0 Å². The van der Waals surface area contributed by atoms with Crippen LogP contribution in [0.15, 0.2) is 48.9 Å². The molecule has 2 saturated heterocycles. The van der Waals surface area contributed by atoms with Gasteiger partial charge in [-0.05, 0) is 61.9 Å². The highest BCUT2D eigenvalue weighted by molar-refractivity contribution is 6.00. The van der Waals surface area contributed by atoms with E-state index in [1.165, 1.54) is 24.4 Å². The highest BCUT2D eigenvalue weighted by atomic mass is 19.4. The Morgan fingerprint density at radius 2 is 1.91 bits per heavy atom. The highest BCUT2D eigenvalue weighted by Crippen LogP contribution is 2.39. The monoisotopic (exact) mass is 486 g/mol. The van der Waals surface area contributed by atoms with E-state index >= 15 is 0 Å². The van der Waals surface area contributed by atoms with Crippen molar-refractivity contribution in [2.24, 2.45) is 5.92 Å². The zero-order chi connectivity index (χ0) is 24.7. The van der Waals surface area contributed by atoms with Gasteiger partial charge in [0.1, 0.15) is 17.5 Å². The zero-order valence-electron chi connectivity index (χ0n) is 18.8. The molecule has 6 rings (SSSR count). The van der Waals surface area contributed by atoms with Crippen molar-refractivity contribution >= 4 is 5.91 Å². The second-order valence-corrected chi connectivity index (χ2v) is 8.99. The fourth-order valence-electron chi connectivity index (χ4n) is 4.90. The summed E-state index contributed by atoms with van der Waals surface area (Å²) in [4.78, 5) is 27.7. The number of fused-ring (bicyclic) bond motifs is 3. The van der Waals surface area contributed by atoms with Crippen LogP contribution < -0.4 is 4.74 Å². The predicted octanol–water partition coefficient (Wildman–Crippen LogP) is 5.08. The van der Waals surface area contributed by atoms with E-state index in [1.54, 1.807) is 24.1 Å². The van der Waals surface area contributed by atoms with Crippen LogP contribution >= 0.6 is 0 Å². The SMILES string of the molecule is Cc1cnc(-c2ncccc2F)c(C(=O)N2CC3CC[C@H]2[C@H](Oc2ccc(C(F)(F)F)cn2)C3)c1. The van der Waals surface area contributed by atoms with Gasteiger partial charge in [-0.15, -0.1) is 0 Å². The Kier molecular flexibility index (Phi) is 5.90. The third kappa shape index (κ3) is 4.56. The molecular formula is C25H22F4N4O2. The number of carbonyl (C=O) groups is 1. The molecule has 182 valence electrons. The van der Waals surface area contributed by atoms with Crippen molar-refractivity contribution in [3.8, 4) is 17.3 Å². The molecule has 1 aliphatic carbocycles. The topological polar surface area (TPSA) is 68.2 Å². The average molecular weight is 486 g/mol. The number of piperidine rings is 2. The molecule has 6 nitrogen and oxygen atoms in total. The number of ether oxygens (including phenoxy) is 1. The molecule has 10 heteroatoms. The van der Waals surface area contributed by atoms with E-state index in [2.05, 4.69) is 15.0 Å². The molecule has 3 atom stereocenters. The fourth-order valence-corrected chi connectivity index (χ4v) is 4.90. The Balaban J connectivity index is 1.42. The summed E-state index contributed by atoms with van der Waals surface area (Å²) in [5.41, 5.74) is 0.314. The summed E-state index contributed by atoms with van der Waals surface area (Å²) >= 11 is 0. The van der Waals surface area contributed by atoms with Crippen molar-refractivity contribution in [3.05, 3.63) is 71.4 Å². The average Bonchev–Trinajstić information content (AvgIpc) is 2.84. The molecule has 0 radical (unpaired) electrons. The molecule has 0 N–H and O–H groups in total. The summed E-state index contributed by atoms with van der Waals surface area (Å²) in [7, 11) is 0. The van der Waals surface area contributed by atoms with Crippen LogP contribution in [0.1, 0.15) is 40.7 Å². The molecule has 3 aromatic rings. The van der Waals surface area contributed by atoms with Gasteiger partial charge in [0.15, 0.2) is 5.82 Å². The van der Waals surface area contributed by atoms with Crippen molar-refractivity contribution < 1.29 is 27.1 Å². The molecule has 1 saturated carbocycles. The molecular weight excluding hydrogens is 464 g/mol. The van der Waals surface area contributed by atoms with Crippen LogP contribution in [0.2, 0.25) is 0 Å². The summed E-state index contributed by atoms with van der Waals surface area (Å²) in [6.07, 6.45) is 1.13. The smallest absolute Gasteiger partial charge is 0.417 e. The highest BCUT2D eigenvalue weighted by Gasteiger charge is 2.45. The number of alkyl halides is 3. The van der Waals surface area contributed by atoms with Crippen molar-refractivity contribution in [1.82, 2.24) is 19.9 Å². The third-order valence-corrected chi connectivity index (χ3v) is 6.55. The number of aromatic nitrogens is 3. The normalized spacial score (nSPS) is 21.7. The number of hydrogen-bond donors (Lipinski definition) is 0. The molecule has 0 spiro atoms. The van der Waals surface area contributed by atoms with Crippen LogP contribution in [0.5, 0.6) is 5.88 Å². The second kappa shape index (κ2) is 8.90. The van der Waals surface area contributed by atoms with Crippen LogP contribution in [0.25, 0.3) is 11.4 Å². The summed E-state index contributed by atoms with van der Waals surface area (Å²) in [5.74, 6) is -0.620. The number of carbonyl (C=O) groups excluding carboxylic acids is 1. The van der Waals surface area contributed by atoms with Gasteiger partial charge < -0.3 is 9.64 Å². The van der Waals surface area contributed by atoms with E-state index in [4.69, 9.17) is 4.74 Å². The van der Waals surface area contributed by atoms with Crippen molar-refractivity contribution in [2.45, 2.75) is 44.5 Å². The second-order valence-electron chi connectivity index (χ2n) is 8.99. The lowest BCUT2D eigenvalue weighted by Gasteiger charge is -2.49. The fraction of sp³-hybridized carbons (Fsp3) is 0.360. The van der Waals surface area contributed by atoms with E-state index in [1.807, 2.05) is 0 Å². The molecule has 3 aromatic heterocycles. The first kappa shape index (κ1) is 23.2. The predicted molar refractivity (Wildman–Crippen MR) is 118 cm³/mol. The lowest BCUT2D eigenvalue weighted by molar-refractivity contribution is -0.137. The summed E-state index contributed by atoms with van der Waals surface area (Å²) in [6.45, 7) is 2.31. The number of pyridine rings is 3. The van der Waals surface area contributed by atoms with Gasteiger partial charge in [0, 0.05) is 31.2 Å². The van der Waals surface area contributed by atoms with Crippen LogP contribution in [-0.4, -0.2) is 44.4 Å². The van der Waals surface area contributed by atoms with Crippen LogP contribution in [-0.2, 0) is 6.18 Å². The van der Waals surface area contributed by atoms with Gasteiger partial charge in [0.25, 0.3) is 5.91 Å². The van der Waals surface area contributed by atoms with Gasteiger partial charge in [-0.1, -0.05) is 0 Å². The zero-order valence-corrected chi connectivity index (χ0v) is 18.8. The number of amides is 1. The third-order valence-electron chi connectivity index (χ3n) is 6.55. The Labute approximate surface area is 199 Å². The number of halogens is 4. The van der Waals surface area contributed by atoms with E-state index in [0.717, 1.165) is 24.2 Å². The van der Waals surface area contributed by atoms with Gasteiger partial charge in [-0.3, -0.25) is 14.8 Å². The van der Waals surface area contributed by atoms with Crippen LogP contribution in [0.4, 0.5) is 17.6 Å². The molecule has 1 unspecified atom stereocenters. The first-order valence-corrected chi connectivity index (χ1v) is 11.3. The standard InChI is InChI=1S/C25H22F4N4O2/c1-14-9-17(22(32-11-14)23-18(26)3-2-8-30-23)24(34)33-13-15-4-6-19(33)20(10-15)35-21-7-5-16(12-31-21)25(27,28)29/h2-3,5,7-9,11-12,15,19-20H,4,6,10,13H2,1H3/t15?,19-,20+/m0/s1. The van der Waals surface area contributed by atoms with Crippen molar-refractivity contribution in [3.63, 3.8) is 0 Å². The van der Waals surface area contributed by atoms with Crippen molar-refractivity contribution in [2.75, 3.05) is 6.54 Å². The maximum Gasteiger partial charge on any atom is 0.417 e. The Bertz CT molecular complexity index is 1250. The number of hydrogen-bond acceptors (Lipinski definition) is 5. The first-order chi connectivity index (χ1) is 16.7. The molecule has 3 aliphatic rings. The van der Waals surface area contributed by atoms with E-state index < -0.39 is 23.7 Å². The first-order valence-electron chi connectivity index (χ1n) is 11.3. The molecule has 1 amide bonds. The van der Waals surface area contributed by atoms with Gasteiger partial charge in [-0.25, -0.2) is 9.37 Å². The summed E-state index contributed by atoms with van der Waals surface area (Å²) < 4.78 is 59.0. The van der Waals surface area contributed by atoms with Crippen LogP contribution in [0, 0.1) is 18.7 Å². The minimum Gasteiger partial charge on any atom is -0.472 e. The largest absolute Gasteiger partial charge is 0.472 e. The molecule has 3 fully saturated rings. The van der Waals surface area contributed by atoms with E-state index in [9.17, 15) is 22.4 Å². The Morgan fingerprint density at radius 1 is 1.09 bits per heavy atom.